The molecule has 0 saturated heterocycles. The molecule has 0 unspecified atom stereocenters. The van der Waals surface area contributed by atoms with Gasteiger partial charge in [-0.15, -0.1) is 0 Å². The Kier molecular flexibility index (Phi) is 4.29. The quantitative estimate of drug-likeness (QED) is 0.635. The molecule has 2 aromatic carbocycles. The monoisotopic (exact) mass is 368 g/mol. The van der Waals surface area contributed by atoms with Crippen LogP contribution in [0.5, 0.6) is 0 Å². The van der Waals surface area contributed by atoms with Gasteiger partial charge in [0.1, 0.15) is 5.82 Å². The normalized spacial score (nSPS) is 16.4. The molecule has 5 heteroatoms. The summed E-state index contributed by atoms with van der Waals surface area (Å²) < 4.78 is 15.8. The molecule has 1 aromatic heterocycles. The minimum absolute atomic E-state index is 0.120. The molecule has 1 aliphatic heterocycles. The van der Waals surface area contributed by atoms with Gasteiger partial charge in [-0.1, -0.05) is 29.8 Å². The molecular weight excluding hydrogens is 351 g/mol. The van der Waals surface area contributed by atoms with Crippen LogP contribution in [0.15, 0.2) is 60.8 Å². The largest absolute Gasteiger partial charge is 0.348 e. The highest BCUT2D eigenvalue weighted by atomic mass is 35.5. The summed E-state index contributed by atoms with van der Waals surface area (Å²) in [5.74, 6) is -0.429. The van der Waals surface area contributed by atoms with Gasteiger partial charge in [-0.25, -0.2) is 4.39 Å². The van der Waals surface area contributed by atoms with Crippen molar-refractivity contribution in [2.45, 2.75) is 19.5 Å². The Balaban J connectivity index is 1.80. The number of hydrogen-bond acceptors (Lipinski definition) is 1. The van der Waals surface area contributed by atoms with E-state index in [1.54, 1.807) is 19.1 Å². The van der Waals surface area contributed by atoms with E-state index in [-0.39, 0.29) is 17.8 Å². The topological polar surface area (TPSA) is 25.2 Å². The van der Waals surface area contributed by atoms with E-state index in [2.05, 4.69) is 4.57 Å². The van der Waals surface area contributed by atoms with Crippen molar-refractivity contribution in [3.05, 3.63) is 94.0 Å². The lowest BCUT2D eigenvalue weighted by Crippen LogP contribution is -2.42. The number of rotatable bonds is 2. The zero-order valence-corrected chi connectivity index (χ0v) is 15.1. The van der Waals surface area contributed by atoms with Gasteiger partial charge in [0.25, 0.3) is 5.91 Å². The van der Waals surface area contributed by atoms with Crippen LogP contribution in [0.1, 0.15) is 33.2 Å². The molecular formula is C21H18ClFN2O. The number of carbonyl (C=O) groups excluding carboxylic acids is 1. The van der Waals surface area contributed by atoms with E-state index < -0.39 is 0 Å². The number of carbonyl (C=O) groups is 1. The van der Waals surface area contributed by atoms with Crippen LogP contribution in [0.4, 0.5) is 4.39 Å². The van der Waals surface area contributed by atoms with Crippen LogP contribution < -0.4 is 0 Å². The smallest absolute Gasteiger partial charge is 0.254 e. The molecule has 0 saturated carbocycles. The molecule has 1 atom stereocenters. The standard InChI is InChI=1S/C21H18ClFN2O/c1-14-13-15(8-9-18(14)23)21(26)25-12-11-24-10-4-7-19(24)20(25)16-5-2-3-6-17(16)22/h2-10,13,20H,11-12H2,1H3/t20-/m0/s1. The molecule has 0 N–H and O–H groups in total. The lowest BCUT2D eigenvalue weighted by molar-refractivity contribution is 0.0664. The Labute approximate surface area is 156 Å². The molecule has 132 valence electrons. The third kappa shape index (κ3) is 2.80. The number of nitrogens with zero attached hydrogens (tertiary/aromatic N) is 2. The molecule has 2 heterocycles. The van der Waals surface area contributed by atoms with E-state index in [0.717, 1.165) is 17.8 Å². The lowest BCUT2D eigenvalue weighted by Gasteiger charge is -2.37. The number of aromatic nitrogens is 1. The van der Waals surface area contributed by atoms with Crippen molar-refractivity contribution in [1.29, 1.82) is 0 Å². The summed E-state index contributed by atoms with van der Waals surface area (Å²) in [5, 5.41) is 0.625. The van der Waals surface area contributed by atoms with Crippen molar-refractivity contribution < 1.29 is 9.18 Å². The number of fused-ring (bicyclic) bond motifs is 1. The highest BCUT2D eigenvalue weighted by molar-refractivity contribution is 6.31. The molecule has 3 nitrogen and oxygen atoms in total. The van der Waals surface area contributed by atoms with Crippen LogP contribution in [-0.4, -0.2) is 21.9 Å². The van der Waals surface area contributed by atoms with Gasteiger partial charge < -0.3 is 9.47 Å². The summed E-state index contributed by atoms with van der Waals surface area (Å²) in [4.78, 5) is 15.1. The van der Waals surface area contributed by atoms with Crippen LogP contribution in [0.3, 0.4) is 0 Å². The molecule has 26 heavy (non-hydrogen) atoms. The molecule has 0 spiro atoms. The molecule has 4 rings (SSSR count). The first-order chi connectivity index (χ1) is 12.6. The maximum Gasteiger partial charge on any atom is 0.254 e. The van der Waals surface area contributed by atoms with E-state index in [4.69, 9.17) is 11.6 Å². The van der Waals surface area contributed by atoms with Gasteiger partial charge in [0.15, 0.2) is 0 Å². The van der Waals surface area contributed by atoms with Gasteiger partial charge in [-0.3, -0.25) is 4.79 Å². The maximum absolute atomic E-state index is 13.6. The number of halogens is 2. The van der Waals surface area contributed by atoms with Crippen LogP contribution in [0, 0.1) is 12.7 Å². The highest BCUT2D eigenvalue weighted by Gasteiger charge is 2.33. The molecule has 0 bridgehead atoms. The Morgan fingerprint density at radius 1 is 1.12 bits per heavy atom. The number of amides is 1. The van der Waals surface area contributed by atoms with Crippen LogP contribution in [-0.2, 0) is 6.54 Å². The van der Waals surface area contributed by atoms with Gasteiger partial charge >= 0.3 is 0 Å². The van der Waals surface area contributed by atoms with Crippen molar-refractivity contribution in [3.63, 3.8) is 0 Å². The number of aryl methyl sites for hydroxylation is 1. The number of benzene rings is 2. The molecule has 1 aliphatic rings. The van der Waals surface area contributed by atoms with Crippen molar-refractivity contribution in [1.82, 2.24) is 9.47 Å². The third-order valence-electron chi connectivity index (χ3n) is 4.90. The Morgan fingerprint density at radius 3 is 2.69 bits per heavy atom. The average Bonchev–Trinajstić information content (AvgIpc) is 3.12. The second-order valence-electron chi connectivity index (χ2n) is 6.51. The van der Waals surface area contributed by atoms with Crippen LogP contribution in [0.25, 0.3) is 0 Å². The molecule has 0 fully saturated rings. The first-order valence-corrected chi connectivity index (χ1v) is 8.90. The van der Waals surface area contributed by atoms with E-state index in [1.807, 2.05) is 47.5 Å². The molecule has 0 aliphatic carbocycles. The first-order valence-electron chi connectivity index (χ1n) is 8.53. The predicted octanol–water partition coefficient (Wildman–Crippen LogP) is 4.83. The van der Waals surface area contributed by atoms with Gasteiger partial charge in [0, 0.05) is 35.6 Å². The van der Waals surface area contributed by atoms with Crippen LogP contribution >= 0.6 is 11.6 Å². The van der Waals surface area contributed by atoms with Crippen molar-refractivity contribution in [2.75, 3.05) is 6.54 Å². The Hall–Kier alpha value is -2.59. The maximum atomic E-state index is 13.6. The summed E-state index contributed by atoms with van der Waals surface area (Å²) in [6.45, 7) is 2.95. The highest BCUT2D eigenvalue weighted by Crippen LogP contribution is 2.36. The molecule has 1 amide bonds. The van der Waals surface area contributed by atoms with E-state index in [9.17, 15) is 9.18 Å². The summed E-state index contributed by atoms with van der Waals surface area (Å²) in [5.41, 5.74) is 2.86. The van der Waals surface area contributed by atoms with Crippen molar-refractivity contribution >= 4 is 17.5 Å². The Bertz CT molecular complexity index is 982. The van der Waals surface area contributed by atoms with E-state index >= 15 is 0 Å². The van der Waals surface area contributed by atoms with E-state index in [0.29, 0.717) is 22.7 Å². The van der Waals surface area contributed by atoms with E-state index in [1.165, 1.54) is 6.07 Å². The van der Waals surface area contributed by atoms with Crippen molar-refractivity contribution in [2.24, 2.45) is 0 Å². The number of hydrogen-bond donors (Lipinski definition) is 0. The lowest BCUT2D eigenvalue weighted by atomic mass is 9.98. The molecule has 0 radical (unpaired) electrons. The summed E-state index contributed by atoms with van der Waals surface area (Å²) in [6, 6.07) is 15.8. The fraction of sp³-hybridized carbons (Fsp3) is 0.190. The summed E-state index contributed by atoms with van der Waals surface area (Å²) >= 11 is 6.46. The summed E-state index contributed by atoms with van der Waals surface area (Å²) in [7, 11) is 0. The second-order valence-corrected chi connectivity index (χ2v) is 6.92. The Morgan fingerprint density at radius 2 is 1.92 bits per heavy atom. The zero-order chi connectivity index (χ0) is 18.3. The average molecular weight is 369 g/mol. The van der Waals surface area contributed by atoms with Gasteiger partial charge in [-0.05, 0) is 54.4 Å². The van der Waals surface area contributed by atoms with Gasteiger partial charge in [-0.2, -0.15) is 0 Å². The second kappa shape index (κ2) is 6.61. The minimum Gasteiger partial charge on any atom is -0.348 e. The SMILES string of the molecule is Cc1cc(C(=O)N2CCn3cccc3[C@@H]2c2ccccc2Cl)ccc1F. The fourth-order valence-corrected chi connectivity index (χ4v) is 3.81. The minimum atomic E-state index is -0.309. The van der Waals surface area contributed by atoms with Crippen LogP contribution in [0.2, 0.25) is 5.02 Å². The van der Waals surface area contributed by atoms with Gasteiger partial charge in [0.2, 0.25) is 0 Å². The first kappa shape index (κ1) is 16.9. The molecule has 3 aromatic rings. The third-order valence-corrected chi connectivity index (χ3v) is 5.25. The summed E-state index contributed by atoms with van der Waals surface area (Å²) in [6.07, 6.45) is 2.02. The van der Waals surface area contributed by atoms with Gasteiger partial charge in [0.05, 0.1) is 6.04 Å². The zero-order valence-electron chi connectivity index (χ0n) is 14.3. The fourth-order valence-electron chi connectivity index (χ4n) is 3.57. The predicted molar refractivity (Wildman–Crippen MR) is 99.9 cm³/mol. The van der Waals surface area contributed by atoms with Crippen molar-refractivity contribution in [3.8, 4) is 0 Å².